The predicted molar refractivity (Wildman–Crippen MR) is 61.9 cm³/mol. The number of aromatic amines is 1. The monoisotopic (exact) mass is 251 g/mol. The highest BCUT2D eigenvalue weighted by Crippen LogP contribution is 1.96. The van der Waals surface area contributed by atoms with Gasteiger partial charge in [-0.2, -0.15) is 5.26 Å². The maximum Gasteiger partial charge on any atom is 0.328 e. The predicted octanol–water partition coefficient (Wildman–Crippen LogP) is -0.248. The van der Waals surface area contributed by atoms with Crippen LogP contribution in [0.4, 0.5) is 0 Å². The van der Waals surface area contributed by atoms with Crippen LogP contribution in [0.3, 0.4) is 0 Å². The van der Waals surface area contributed by atoms with Crippen LogP contribution in [-0.4, -0.2) is 22.1 Å². The highest BCUT2D eigenvalue weighted by Gasteiger charge is 2.05. The largest absolute Gasteiger partial charge is 0.466 e. The summed E-state index contributed by atoms with van der Waals surface area (Å²) in [7, 11) is 0. The quantitative estimate of drug-likeness (QED) is 0.726. The van der Waals surface area contributed by atoms with Gasteiger partial charge in [0.2, 0.25) is 0 Å². The standard InChI is InChI=1S/C11H13N3O4/c1-2-18-9(15)4-3-5-14-7-8(6-12)10(16)13-11(14)17/h7H,2-5H2,1H3,(H,13,16,17). The van der Waals surface area contributed by atoms with Crippen molar-refractivity contribution in [1.29, 1.82) is 5.26 Å². The lowest BCUT2D eigenvalue weighted by Crippen LogP contribution is -2.31. The SMILES string of the molecule is CCOC(=O)CCCn1cc(C#N)c(=O)[nH]c1=O. The lowest BCUT2D eigenvalue weighted by Gasteiger charge is -2.05. The number of aryl methyl sites for hydroxylation is 1. The molecule has 0 aliphatic heterocycles. The third-order valence-electron chi connectivity index (χ3n) is 2.22. The van der Waals surface area contributed by atoms with Crippen LogP contribution < -0.4 is 11.2 Å². The summed E-state index contributed by atoms with van der Waals surface area (Å²) in [5.41, 5.74) is -1.43. The molecule has 1 heterocycles. The average molecular weight is 251 g/mol. The molecular formula is C11H13N3O4. The van der Waals surface area contributed by atoms with Gasteiger partial charge in [-0.05, 0) is 13.3 Å². The third kappa shape index (κ3) is 3.59. The van der Waals surface area contributed by atoms with E-state index in [9.17, 15) is 14.4 Å². The average Bonchev–Trinajstić information content (AvgIpc) is 2.32. The van der Waals surface area contributed by atoms with Gasteiger partial charge in [0.15, 0.2) is 0 Å². The third-order valence-corrected chi connectivity index (χ3v) is 2.22. The van der Waals surface area contributed by atoms with Crippen LogP contribution >= 0.6 is 0 Å². The Kier molecular flexibility index (Phi) is 4.87. The topological polar surface area (TPSA) is 105 Å². The molecule has 1 aromatic rings. The zero-order chi connectivity index (χ0) is 13.5. The number of hydrogen-bond donors (Lipinski definition) is 1. The molecule has 0 spiro atoms. The first kappa shape index (κ1) is 13.7. The minimum atomic E-state index is -0.704. The summed E-state index contributed by atoms with van der Waals surface area (Å²) in [4.78, 5) is 35.6. The molecule has 0 saturated carbocycles. The number of nitrogens with zero attached hydrogens (tertiary/aromatic N) is 2. The second-order valence-electron chi connectivity index (χ2n) is 3.52. The zero-order valence-corrected chi connectivity index (χ0v) is 9.93. The van der Waals surface area contributed by atoms with E-state index in [-0.39, 0.29) is 24.5 Å². The Balaban J connectivity index is 2.69. The van der Waals surface area contributed by atoms with E-state index in [1.165, 1.54) is 10.8 Å². The maximum absolute atomic E-state index is 11.4. The molecule has 0 radical (unpaired) electrons. The molecule has 18 heavy (non-hydrogen) atoms. The van der Waals surface area contributed by atoms with Crippen LogP contribution in [0.2, 0.25) is 0 Å². The number of nitrogens with one attached hydrogen (secondary N) is 1. The Hall–Kier alpha value is -2.36. The van der Waals surface area contributed by atoms with Gasteiger partial charge in [0.1, 0.15) is 11.6 Å². The fourth-order valence-corrected chi connectivity index (χ4v) is 1.38. The maximum atomic E-state index is 11.4. The summed E-state index contributed by atoms with van der Waals surface area (Å²) in [5, 5.41) is 8.66. The van der Waals surface area contributed by atoms with Crippen LogP contribution in [0, 0.1) is 11.3 Å². The smallest absolute Gasteiger partial charge is 0.328 e. The first-order valence-electron chi connectivity index (χ1n) is 5.48. The number of rotatable bonds is 5. The summed E-state index contributed by atoms with van der Waals surface area (Å²) in [6, 6.07) is 1.69. The van der Waals surface area contributed by atoms with Crippen molar-refractivity contribution in [3.8, 4) is 6.07 Å². The second-order valence-corrected chi connectivity index (χ2v) is 3.52. The molecule has 0 saturated heterocycles. The molecule has 0 amide bonds. The van der Waals surface area contributed by atoms with Gasteiger partial charge >= 0.3 is 11.7 Å². The van der Waals surface area contributed by atoms with Gasteiger partial charge in [-0.3, -0.25) is 19.1 Å². The Labute approximate surface area is 103 Å². The first-order chi connectivity index (χ1) is 8.58. The van der Waals surface area contributed by atoms with E-state index in [0.29, 0.717) is 13.0 Å². The molecule has 0 aromatic carbocycles. The van der Waals surface area contributed by atoms with Gasteiger partial charge in [0.25, 0.3) is 5.56 Å². The molecule has 1 N–H and O–H groups in total. The highest BCUT2D eigenvalue weighted by molar-refractivity contribution is 5.69. The van der Waals surface area contributed by atoms with E-state index >= 15 is 0 Å². The summed E-state index contributed by atoms with van der Waals surface area (Å²) < 4.78 is 5.93. The number of H-pyrrole nitrogens is 1. The molecule has 96 valence electrons. The van der Waals surface area contributed by atoms with Gasteiger partial charge in [-0.15, -0.1) is 0 Å². The molecule has 7 nitrogen and oxygen atoms in total. The molecule has 1 rings (SSSR count). The van der Waals surface area contributed by atoms with Gasteiger partial charge in [0.05, 0.1) is 6.61 Å². The number of hydrogen-bond acceptors (Lipinski definition) is 5. The van der Waals surface area contributed by atoms with Crippen molar-refractivity contribution in [3.05, 3.63) is 32.6 Å². The Morgan fingerprint density at radius 3 is 2.89 bits per heavy atom. The van der Waals surface area contributed by atoms with Crippen molar-refractivity contribution in [2.75, 3.05) is 6.61 Å². The van der Waals surface area contributed by atoms with Crippen LogP contribution in [0.25, 0.3) is 0 Å². The number of carbonyl (C=O) groups is 1. The van der Waals surface area contributed by atoms with Crippen molar-refractivity contribution in [1.82, 2.24) is 9.55 Å². The van der Waals surface area contributed by atoms with E-state index in [1.54, 1.807) is 13.0 Å². The van der Waals surface area contributed by atoms with Crippen molar-refractivity contribution >= 4 is 5.97 Å². The Bertz CT molecular complexity index is 579. The van der Waals surface area contributed by atoms with E-state index in [0.717, 1.165) is 0 Å². The van der Waals surface area contributed by atoms with Crippen LogP contribution in [0.5, 0.6) is 0 Å². The fraction of sp³-hybridized carbons (Fsp3) is 0.455. The van der Waals surface area contributed by atoms with Crippen molar-refractivity contribution in [2.45, 2.75) is 26.3 Å². The minimum absolute atomic E-state index is 0.134. The molecule has 0 aliphatic carbocycles. The first-order valence-corrected chi connectivity index (χ1v) is 5.48. The Morgan fingerprint density at radius 2 is 2.28 bits per heavy atom. The van der Waals surface area contributed by atoms with E-state index in [4.69, 9.17) is 10.00 Å². The Morgan fingerprint density at radius 1 is 1.56 bits per heavy atom. The lowest BCUT2D eigenvalue weighted by molar-refractivity contribution is -0.143. The van der Waals surface area contributed by atoms with Crippen LogP contribution in [0.1, 0.15) is 25.3 Å². The minimum Gasteiger partial charge on any atom is -0.466 e. The van der Waals surface area contributed by atoms with Crippen molar-refractivity contribution in [2.24, 2.45) is 0 Å². The molecule has 0 atom stereocenters. The summed E-state index contributed by atoms with van der Waals surface area (Å²) in [6.45, 7) is 2.27. The lowest BCUT2D eigenvalue weighted by atomic mass is 10.3. The van der Waals surface area contributed by atoms with Crippen molar-refractivity contribution < 1.29 is 9.53 Å². The van der Waals surface area contributed by atoms with Crippen LogP contribution in [0.15, 0.2) is 15.8 Å². The number of ether oxygens (including phenoxy) is 1. The van der Waals surface area contributed by atoms with Crippen LogP contribution in [-0.2, 0) is 16.1 Å². The number of carbonyl (C=O) groups excluding carboxylic acids is 1. The summed E-state index contributed by atoms with van der Waals surface area (Å²) in [5.74, 6) is -0.338. The zero-order valence-electron chi connectivity index (χ0n) is 9.93. The van der Waals surface area contributed by atoms with E-state index < -0.39 is 11.2 Å². The van der Waals surface area contributed by atoms with E-state index in [2.05, 4.69) is 0 Å². The normalized spacial score (nSPS) is 9.78. The van der Waals surface area contributed by atoms with Gasteiger partial charge in [-0.25, -0.2) is 4.79 Å². The molecule has 1 aromatic heterocycles. The molecule has 0 unspecified atom stereocenters. The molecule has 0 aliphatic rings. The number of esters is 1. The fourth-order valence-electron chi connectivity index (χ4n) is 1.38. The van der Waals surface area contributed by atoms with Crippen molar-refractivity contribution in [3.63, 3.8) is 0 Å². The summed E-state index contributed by atoms with van der Waals surface area (Å²) in [6.07, 6.45) is 1.77. The van der Waals surface area contributed by atoms with Gasteiger partial charge in [-0.1, -0.05) is 0 Å². The molecule has 7 heteroatoms. The highest BCUT2D eigenvalue weighted by atomic mass is 16.5. The number of nitriles is 1. The van der Waals surface area contributed by atoms with E-state index in [1.807, 2.05) is 4.98 Å². The molecule has 0 bridgehead atoms. The molecular weight excluding hydrogens is 238 g/mol. The number of aromatic nitrogens is 2. The molecule has 0 fully saturated rings. The second kappa shape index (κ2) is 6.39. The van der Waals surface area contributed by atoms with Gasteiger partial charge < -0.3 is 4.74 Å². The summed E-state index contributed by atoms with van der Waals surface area (Å²) >= 11 is 0. The van der Waals surface area contributed by atoms with Gasteiger partial charge in [0, 0.05) is 19.2 Å².